The van der Waals surface area contributed by atoms with Crippen LogP contribution in [-0.4, -0.2) is 29.2 Å². The molecule has 5 nitrogen and oxygen atoms in total. The van der Waals surface area contributed by atoms with Gasteiger partial charge in [-0.25, -0.2) is 9.59 Å². The molecule has 18 heavy (non-hydrogen) atoms. The third kappa shape index (κ3) is 4.55. The summed E-state index contributed by atoms with van der Waals surface area (Å²) in [7, 11) is 0. The maximum Gasteiger partial charge on any atom is 0.328 e. The topological polar surface area (TPSA) is 78.4 Å². The molecule has 0 aromatic carbocycles. The van der Waals surface area contributed by atoms with Crippen LogP contribution in [0.5, 0.6) is 0 Å². The van der Waals surface area contributed by atoms with E-state index in [0.29, 0.717) is 12.5 Å². The molecule has 0 aliphatic heterocycles. The Morgan fingerprint density at radius 1 is 1.33 bits per heavy atom. The molecule has 104 valence electrons. The minimum Gasteiger partial charge on any atom is -0.480 e. The number of carboxylic acid groups (broad SMARTS) is 1. The Bertz CT molecular complexity index is 315. The summed E-state index contributed by atoms with van der Waals surface area (Å²) in [6.45, 7) is 5.81. The zero-order chi connectivity index (χ0) is 13.8. The quantitative estimate of drug-likeness (QED) is 0.719. The first kappa shape index (κ1) is 14.8. The van der Waals surface area contributed by atoms with Crippen LogP contribution in [-0.2, 0) is 4.79 Å². The second kappa shape index (κ2) is 6.07. The van der Waals surface area contributed by atoms with Crippen LogP contribution in [0.1, 0.15) is 46.5 Å². The smallest absolute Gasteiger partial charge is 0.328 e. The van der Waals surface area contributed by atoms with E-state index >= 15 is 0 Å². The summed E-state index contributed by atoms with van der Waals surface area (Å²) in [4.78, 5) is 22.5. The van der Waals surface area contributed by atoms with Gasteiger partial charge in [0.1, 0.15) is 5.54 Å². The van der Waals surface area contributed by atoms with Crippen LogP contribution >= 0.6 is 0 Å². The molecule has 2 unspecified atom stereocenters. The molecule has 1 rings (SSSR count). The maximum atomic E-state index is 11.6. The predicted octanol–water partition coefficient (Wildman–Crippen LogP) is 1.98. The Balaban J connectivity index is 2.31. The summed E-state index contributed by atoms with van der Waals surface area (Å²) in [5, 5.41) is 14.1. The molecule has 1 fully saturated rings. The number of nitrogens with one attached hydrogen (secondary N) is 2. The largest absolute Gasteiger partial charge is 0.480 e. The fourth-order valence-corrected chi connectivity index (χ4v) is 2.36. The van der Waals surface area contributed by atoms with E-state index in [4.69, 9.17) is 5.11 Å². The van der Waals surface area contributed by atoms with Crippen LogP contribution in [0.25, 0.3) is 0 Å². The average molecular weight is 256 g/mol. The molecule has 3 N–H and O–H groups in total. The molecular weight excluding hydrogens is 232 g/mol. The lowest BCUT2D eigenvalue weighted by Gasteiger charge is -2.27. The third-order valence-corrected chi connectivity index (χ3v) is 3.56. The van der Waals surface area contributed by atoms with Gasteiger partial charge in [0, 0.05) is 6.54 Å². The van der Waals surface area contributed by atoms with Gasteiger partial charge in [0.25, 0.3) is 0 Å². The predicted molar refractivity (Wildman–Crippen MR) is 69.4 cm³/mol. The normalized spacial score (nSPS) is 24.4. The second-order valence-electron chi connectivity index (χ2n) is 5.90. The van der Waals surface area contributed by atoms with Crippen molar-refractivity contribution < 1.29 is 14.7 Å². The van der Waals surface area contributed by atoms with Crippen molar-refractivity contribution in [2.24, 2.45) is 11.8 Å². The van der Waals surface area contributed by atoms with Crippen LogP contribution < -0.4 is 10.6 Å². The highest BCUT2D eigenvalue weighted by Gasteiger charge is 2.29. The van der Waals surface area contributed by atoms with Crippen LogP contribution in [0, 0.1) is 11.8 Å². The van der Waals surface area contributed by atoms with Crippen LogP contribution in [0.15, 0.2) is 0 Å². The number of rotatable bonds is 4. The molecule has 5 heteroatoms. The van der Waals surface area contributed by atoms with Gasteiger partial charge in [-0.15, -0.1) is 0 Å². The minimum atomic E-state index is -1.23. The van der Waals surface area contributed by atoms with Gasteiger partial charge in [0.05, 0.1) is 0 Å². The number of carboxylic acids is 1. The number of amides is 2. The fourth-order valence-electron chi connectivity index (χ4n) is 2.36. The van der Waals surface area contributed by atoms with Gasteiger partial charge in [0.15, 0.2) is 0 Å². The third-order valence-electron chi connectivity index (χ3n) is 3.56. The molecule has 1 aliphatic rings. The van der Waals surface area contributed by atoms with Crippen molar-refractivity contribution in [2.45, 2.75) is 52.0 Å². The number of hydrogen-bond acceptors (Lipinski definition) is 2. The standard InChI is InChI=1S/C13H24N2O3/c1-9-5-4-6-10(7-9)8-14-12(18)15-13(2,3)11(16)17/h9-10H,4-8H2,1-3H3,(H,16,17)(H2,14,15,18). The molecule has 0 aromatic heterocycles. The first-order valence-corrected chi connectivity index (χ1v) is 6.60. The van der Waals surface area contributed by atoms with Gasteiger partial charge in [0.2, 0.25) is 0 Å². The summed E-state index contributed by atoms with van der Waals surface area (Å²) in [5.41, 5.74) is -1.23. The van der Waals surface area contributed by atoms with E-state index in [1.54, 1.807) is 0 Å². The first-order chi connectivity index (χ1) is 8.31. The average Bonchev–Trinajstić information content (AvgIpc) is 2.25. The molecule has 0 heterocycles. The van der Waals surface area contributed by atoms with Gasteiger partial charge in [-0.1, -0.05) is 19.8 Å². The van der Waals surface area contributed by atoms with Crippen molar-refractivity contribution in [3.63, 3.8) is 0 Å². The van der Waals surface area contributed by atoms with Gasteiger partial charge >= 0.3 is 12.0 Å². The highest BCUT2D eigenvalue weighted by molar-refractivity contribution is 5.85. The Labute approximate surface area is 108 Å². The molecule has 0 bridgehead atoms. The zero-order valence-corrected chi connectivity index (χ0v) is 11.5. The van der Waals surface area contributed by atoms with Crippen molar-refractivity contribution in [3.05, 3.63) is 0 Å². The first-order valence-electron chi connectivity index (χ1n) is 6.60. The summed E-state index contributed by atoms with van der Waals surface area (Å²) in [6, 6.07) is -0.402. The van der Waals surface area contributed by atoms with Gasteiger partial charge < -0.3 is 15.7 Å². The van der Waals surface area contributed by atoms with Crippen molar-refractivity contribution in [1.82, 2.24) is 10.6 Å². The van der Waals surface area contributed by atoms with Crippen molar-refractivity contribution in [2.75, 3.05) is 6.54 Å². The highest BCUT2D eigenvalue weighted by atomic mass is 16.4. The maximum absolute atomic E-state index is 11.6. The Hall–Kier alpha value is -1.26. The van der Waals surface area contributed by atoms with E-state index in [2.05, 4.69) is 17.6 Å². The van der Waals surface area contributed by atoms with E-state index in [-0.39, 0.29) is 0 Å². The molecular formula is C13H24N2O3. The lowest BCUT2D eigenvalue weighted by Crippen LogP contribution is -2.53. The lowest BCUT2D eigenvalue weighted by molar-refractivity contribution is -0.142. The van der Waals surface area contributed by atoms with Crippen molar-refractivity contribution in [3.8, 4) is 0 Å². The van der Waals surface area contributed by atoms with Crippen molar-refractivity contribution in [1.29, 1.82) is 0 Å². The van der Waals surface area contributed by atoms with E-state index in [1.165, 1.54) is 26.7 Å². The number of aliphatic carboxylic acids is 1. The summed E-state index contributed by atoms with van der Waals surface area (Å²) < 4.78 is 0. The fraction of sp³-hybridized carbons (Fsp3) is 0.846. The van der Waals surface area contributed by atoms with E-state index in [1.807, 2.05) is 0 Å². The SMILES string of the molecule is CC1CCCC(CNC(=O)NC(C)(C)C(=O)O)C1. The number of hydrogen-bond donors (Lipinski definition) is 3. The number of urea groups is 1. The Morgan fingerprint density at radius 3 is 2.56 bits per heavy atom. The lowest BCUT2D eigenvalue weighted by atomic mass is 9.82. The monoisotopic (exact) mass is 256 g/mol. The van der Waals surface area contributed by atoms with Crippen LogP contribution in [0.3, 0.4) is 0 Å². The molecule has 0 spiro atoms. The van der Waals surface area contributed by atoms with Crippen molar-refractivity contribution >= 4 is 12.0 Å². The van der Waals surface area contributed by atoms with Gasteiger partial charge in [-0.3, -0.25) is 0 Å². The van der Waals surface area contributed by atoms with Crippen LogP contribution in [0.2, 0.25) is 0 Å². The molecule has 1 saturated carbocycles. The van der Waals surface area contributed by atoms with E-state index in [0.717, 1.165) is 18.8 Å². The number of carbonyl (C=O) groups excluding carboxylic acids is 1. The van der Waals surface area contributed by atoms with Gasteiger partial charge in [-0.05, 0) is 38.5 Å². The molecule has 1 aliphatic carbocycles. The van der Waals surface area contributed by atoms with Crippen LogP contribution in [0.4, 0.5) is 4.79 Å². The molecule has 0 radical (unpaired) electrons. The van der Waals surface area contributed by atoms with E-state index in [9.17, 15) is 9.59 Å². The zero-order valence-electron chi connectivity index (χ0n) is 11.5. The minimum absolute atomic E-state index is 0.402. The molecule has 0 aromatic rings. The summed E-state index contributed by atoms with van der Waals surface area (Å²) in [6.07, 6.45) is 4.78. The molecule has 2 atom stereocenters. The Morgan fingerprint density at radius 2 is 2.00 bits per heavy atom. The molecule has 2 amide bonds. The van der Waals surface area contributed by atoms with Gasteiger partial charge in [-0.2, -0.15) is 0 Å². The number of carbonyl (C=O) groups is 2. The van der Waals surface area contributed by atoms with E-state index < -0.39 is 17.5 Å². The molecule has 0 saturated heterocycles. The Kier molecular flexibility index (Phi) is 4.99. The highest BCUT2D eigenvalue weighted by Crippen LogP contribution is 2.27. The summed E-state index contributed by atoms with van der Waals surface area (Å²) >= 11 is 0. The second-order valence-corrected chi connectivity index (χ2v) is 5.90. The summed E-state index contributed by atoms with van der Waals surface area (Å²) in [5.74, 6) is 0.209.